The largest absolute Gasteiger partial charge is 0.444 e. The topological polar surface area (TPSA) is 196 Å². The Balaban J connectivity index is 5.91. The fraction of sp³-hybridized carbons (Fsp3) is 0.781. The molecule has 16 nitrogen and oxygen atoms in total. The van der Waals surface area contributed by atoms with Crippen molar-refractivity contribution in [1.29, 1.82) is 0 Å². The van der Waals surface area contributed by atoms with E-state index in [0.29, 0.717) is 19.3 Å². The summed E-state index contributed by atoms with van der Waals surface area (Å²) < 4.78 is 26.6. The van der Waals surface area contributed by atoms with E-state index in [-0.39, 0.29) is 19.0 Å². The van der Waals surface area contributed by atoms with Crippen molar-refractivity contribution in [2.24, 2.45) is 9.98 Å². The maximum Gasteiger partial charge on any atom is 0.437 e. The highest BCUT2D eigenvalue weighted by Gasteiger charge is 2.30. The maximum atomic E-state index is 13.3. The zero-order valence-electron chi connectivity index (χ0n) is 31.5. The Morgan fingerprint density at radius 3 is 1.38 bits per heavy atom. The number of hydrogen-bond acceptors (Lipinski definition) is 10. The van der Waals surface area contributed by atoms with Crippen molar-refractivity contribution in [3.05, 3.63) is 0 Å². The third kappa shape index (κ3) is 24.1. The molecular weight excluding hydrogens is 628 g/mol. The molecule has 0 saturated heterocycles. The average molecular weight is 687 g/mol. The Labute approximate surface area is 285 Å². The molecule has 0 aliphatic carbocycles. The van der Waals surface area contributed by atoms with E-state index < -0.39 is 64.4 Å². The van der Waals surface area contributed by atoms with Gasteiger partial charge in [-0.05, 0) is 123 Å². The summed E-state index contributed by atoms with van der Waals surface area (Å²) in [5, 5.41) is 7.68. The minimum Gasteiger partial charge on any atom is -0.444 e. The van der Waals surface area contributed by atoms with Crippen LogP contribution in [0.25, 0.3) is 0 Å². The minimum absolute atomic E-state index is 0.0264. The summed E-state index contributed by atoms with van der Waals surface area (Å²) in [6, 6.07) is 0. The standard InChI is InChI=1S/C32H58N6O10/c1-28(2,3)44-23(39)34-21(35-24(40)45-29(4,5)6)33-19-17-16-18-20-38(27(43)48-32(13,14)15)22(36-25(41)46-30(7,8)9)37-26(42)47-31(10,11)12/h16-20H2,1-15H3,(H,36,37,41,42)(H2,33,34,35,39,40). The van der Waals surface area contributed by atoms with Crippen molar-refractivity contribution in [3.63, 3.8) is 0 Å². The summed E-state index contributed by atoms with van der Waals surface area (Å²) in [5.74, 6) is -0.596. The Morgan fingerprint density at radius 1 is 0.521 bits per heavy atom. The molecule has 3 N–H and O–H groups in total. The van der Waals surface area contributed by atoms with Gasteiger partial charge < -0.3 is 29.0 Å². The monoisotopic (exact) mass is 686 g/mol. The van der Waals surface area contributed by atoms with Crippen molar-refractivity contribution in [3.8, 4) is 0 Å². The summed E-state index contributed by atoms with van der Waals surface area (Å²) in [5.41, 5.74) is -4.28. The first-order valence-electron chi connectivity index (χ1n) is 15.8. The lowest BCUT2D eigenvalue weighted by molar-refractivity contribution is 0.0353. The highest BCUT2D eigenvalue weighted by Crippen LogP contribution is 2.14. The van der Waals surface area contributed by atoms with Crippen LogP contribution in [0.15, 0.2) is 9.98 Å². The molecule has 48 heavy (non-hydrogen) atoms. The predicted molar refractivity (Wildman–Crippen MR) is 181 cm³/mol. The van der Waals surface area contributed by atoms with Crippen LogP contribution in [0.4, 0.5) is 24.0 Å². The van der Waals surface area contributed by atoms with E-state index in [0.717, 1.165) is 4.90 Å². The zero-order chi connectivity index (χ0) is 37.7. The van der Waals surface area contributed by atoms with Gasteiger partial charge in [0.05, 0.1) is 0 Å². The summed E-state index contributed by atoms with van der Waals surface area (Å²) in [6.45, 7) is 25.3. The third-order valence-electron chi connectivity index (χ3n) is 4.64. The number of alkyl carbamates (subject to hydrolysis) is 2. The van der Waals surface area contributed by atoms with E-state index in [1.165, 1.54) is 0 Å². The number of guanidine groups is 2. The first-order valence-corrected chi connectivity index (χ1v) is 15.8. The summed E-state index contributed by atoms with van der Waals surface area (Å²) >= 11 is 0. The smallest absolute Gasteiger partial charge is 0.437 e. The van der Waals surface area contributed by atoms with Crippen LogP contribution in [0, 0.1) is 0 Å². The van der Waals surface area contributed by atoms with Crippen LogP contribution in [0.2, 0.25) is 0 Å². The van der Waals surface area contributed by atoms with Gasteiger partial charge in [-0.2, -0.15) is 0 Å². The van der Waals surface area contributed by atoms with E-state index in [1.807, 2.05) is 0 Å². The molecule has 0 atom stereocenters. The van der Waals surface area contributed by atoms with Gasteiger partial charge in [-0.25, -0.2) is 28.9 Å². The second-order valence-corrected chi connectivity index (χ2v) is 15.7. The lowest BCUT2D eigenvalue weighted by Gasteiger charge is -2.29. The number of unbranched alkanes of at least 4 members (excludes halogenated alkanes) is 2. The summed E-state index contributed by atoms with van der Waals surface area (Å²) in [7, 11) is 0. The Bertz CT molecular complexity index is 1180. The molecule has 0 unspecified atom stereocenters. The molecule has 0 bridgehead atoms. The van der Waals surface area contributed by atoms with Crippen LogP contribution in [-0.4, -0.2) is 88.4 Å². The number of amides is 5. The van der Waals surface area contributed by atoms with Gasteiger partial charge in [0.15, 0.2) is 0 Å². The Morgan fingerprint density at radius 2 is 0.938 bits per heavy atom. The van der Waals surface area contributed by atoms with Gasteiger partial charge in [0.1, 0.15) is 28.0 Å². The molecule has 0 saturated carbocycles. The second-order valence-electron chi connectivity index (χ2n) is 15.7. The molecule has 0 aliphatic heterocycles. The normalized spacial score (nSPS) is 13.1. The van der Waals surface area contributed by atoms with E-state index in [4.69, 9.17) is 23.7 Å². The lowest BCUT2D eigenvalue weighted by atomic mass is 10.2. The SMILES string of the molecule is CC(C)(C)OC(=O)/N=C(/NCCCCCN(C(=O)OC(C)(C)C)/C(=N\C(=O)OC(C)(C)C)NC(=O)OC(C)(C)C)NC(=O)OC(C)(C)C. The molecular formula is C32H58N6O10. The summed E-state index contributed by atoms with van der Waals surface area (Å²) in [6.07, 6.45) is -3.27. The molecule has 0 aliphatic rings. The fourth-order valence-electron chi connectivity index (χ4n) is 3.19. The number of nitrogens with one attached hydrogen (secondary N) is 3. The molecule has 0 rings (SSSR count). The van der Waals surface area contributed by atoms with Crippen molar-refractivity contribution in [2.75, 3.05) is 13.1 Å². The Hall–Kier alpha value is -4.11. The van der Waals surface area contributed by atoms with Crippen LogP contribution in [0.1, 0.15) is 123 Å². The van der Waals surface area contributed by atoms with Crippen molar-refractivity contribution >= 4 is 42.4 Å². The van der Waals surface area contributed by atoms with E-state index in [1.54, 1.807) is 104 Å². The van der Waals surface area contributed by atoms with Gasteiger partial charge in [0.25, 0.3) is 0 Å². The molecule has 5 amide bonds. The lowest BCUT2D eigenvalue weighted by Crippen LogP contribution is -2.50. The molecule has 0 aromatic carbocycles. The van der Waals surface area contributed by atoms with Gasteiger partial charge >= 0.3 is 30.5 Å². The third-order valence-corrected chi connectivity index (χ3v) is 4.64. The number of nitrogens with zero attached hydrogens (tertiary/aromatic N) is 3. The number of carbonyl (C=O) groups is 5. The highest BCUT2D eigenvalue weighted by atomic mass is 16.6. The number of carbonyl (C=O) groups excluding carboxylic acids is 5. The van der Waals surface area contributed by atoms with Crippen LogP contribution in [-0.2, 0) is 23.7 Å². The average Bonchev–Trinajstić information content (AvgIpc) is 2.76. The quantitative estimate of drug-likeness (QED) is 0.118. The van der Waals surface area contributed by atoms with Crippen LogP contribution in [0.3, 0.4) is 0 Å². The van der Waals surface area contributed by atoms with Gasteiger partial charge in [0.2, 0.25) is 11.9 Å². The van der Waals surface area contributed by atoms with Crippen LogP contribution < -0.4 is 16.0 Å². The molecule has 0 aromatic rings. The van der Waals surface area contributed by atoms with Crippen LogP contribution >= 0.6 is 0 Å². The van der Waals surface area contributed by atoms with E-state index in [9.17, 15) is 24.0 Å². The van der Waals surface area contributed by atoms with E-state index in [2.05, 4.69) is 25.9 Å². The molecule has 276 valence electrons. The van der Waals surface area contributed by atoms with Gasteiger partial charge in [-0.1, -0.05) is 0 Å². The Kier molecular flexibility index (Phi) is 16.3. The molecule has 16 heteroatoms. The molecule has 0 radical (unpaired) electrons. The van der Waals surface area contributed by atoms with E-state index >= 15 is 0 Å². The van der Waals surface area contributed by atoms with Crippen molar-refractivity contribution < 1.29 is 47.7 Å². The fourth-order valence-corrected chi connectivity index (χ4v) is 3.19. The van der Waals surface area contributed by atoms with Crippen molar-refractivity contribution in [2.45, 2.75) is 151 Å². The second kappa shape index (κ2) is 17.9. The minimum atomic E-state index is -1.04. The zero-order valence-corrected chi connectivity index (χ0v) is 31.5. The van der Waals surface area contributed by atoms with Crippen LogP contribution in [0.5, 0.6) is 0 Å². The van der Waals surface area contributed by atoms with Crippen molar-refractivity contribution in [1.82, 2.24) is 20.9 Å². The number of hydrogen-bond donors (Lipinski definition) is 3. The number of rotatable bonds is 6. The number of ether oxygens (including phenoxy) is 5. The first kappa shape index (κ1) is 43.9. The predicted octanol–water partition coefficient (Wildman–Crippen LogP) is 6.62. The molecule has 0 spiro atoms. The molecule has 0 fully saturated rings. The van der Waals surface area contributed by atoms with Gasteiger partial charge in [0, 0.05) is 13.1 Å². The summed E-state index contributed by atoms with van der Waals surface area (Å²) in [4.78, 5) is 72.0. The molecule has 0 aromatic heterocycles. The molecule has 0 heterocycles. The van der Waals surface area contributed by atoms with Gasteiger partial charge in [-0.15, -0.1) is 9.98 Å². The maximum absolute atomic E-state index is 13.3. The van der Waals surface area contributed by atoms with Gasteiger partial charge in [-0.3, -0.25) is 10.6 Å². The first-order chi connectivity index (χ1) is 21.4. The number of aliphatic imine (C=N–C) groups is 2. The highest BCUT2D eigenvalue weighted by molar-refractivity contribution is 6.05.